The molecule has 150 valence electrons. The molecule has 1 aromatic heterocycles. The Morgan fingerprint density at radius 2 is 1.76 bits per heavy atom. The van der Waals surface area contributed by atoms with Crippen molar-refractivity contribution < 1.29 is 9.84 Å². The van der Waals surface area contributed by atoms with E-state index in [1.165, 1.54) is 5.69 Å². The van der Waals surface area contributed by atoms with Crippen LogP contribution in [0.4, 0.5) is 11.5 Å². The van der Waals surface area contributed by atoms with Crippen molar-refractivity contribution >= 4 is 22.4 Å². The highest BCUT2D eigenvalue weighted by Gasteiger charge is 2.35. The Balaban J connectivity index is 1.46. The van der Waals surface area contributed by atoms with E-state index in [-0.39, 0.29) is 0 Å². The van der Waals surface area contributed by atoms with E-state index in [9.17, 15) is 5.11 Å². The van der Waals surface area contributed by atoms with Crippen molar-refractivity contribution in [1.29, 1.82) is 0 Å². The van der Waals surface area contributed by atoms with Gasteiger partial charge < -0.3 is 19.6 Å². The highest BCUT2D eigenvalue weighted by molar-refractivity contribution is 5.91. The minimum atomic E-state index is -0.857. The molecule has 1 atom stereocenters. The summed E-state index contributed by atoms with van der Waals surface area (Å²) in [5, 5.41) is 12.4. The van der Waals surface area contributed by atoms with E-state index in [1.807, 2.05) is 30.3 Å². The van der Waals surface area contributed by atoms with Crippen LogP contribution >= 0.6 is 0 Å². The molecule has 1 unspecified atom stereocenters. The van der Waals surface area contributed by atoms with Gasteiger partial charge in [-0.2, -0.15) is 0 Å². The minimum absolute atomic E-state index is 0.536. The second-order valence-electron chi connectivity index (χ2n) is 7.92. The number of nitrogens with zero attached hydrogens (tertiary/aromatic N) is 4. The number of rotatable bonds is 3. The summed E-state index contributed by atoms with van der Waals surface area (Å²) in [5.41, 5.74) is 2.22. The van der Waals surface area contributed by atoms with E-state index in [4.69, 9.17) is 4.74 Å². The van der Waals surface area contributed by atoms with E-state index >= 15 is 0 Å². The maximum absolute atomic E-state index is 11.4. The molecule has 0 bridgehead atoms. The van der Waals surface area contributed by atoms with Gasteiger partial charge in [0.1, 0.15) is 17.7 Å². The predicted octanol–water partition coefficient (Wildman–Crippen LogP) is 2.95. The average Bonchev–Trinajstić information content (AvgIpc) is 2.79. The molecule has 1 N–H and O–H groups in total. The van der Waals surface area contributed by atoms with Gasteiger partial charge in [0.2, 0.25) is 0 Å². The Hall–Kier alpha value is -2.70. The summed E-state index contributed by atoms with van der Waals surface area (Å²) in [6.07, 6.45) is 3.32. The minimum Gasteiger partial charge on any atom is -0.383 e. The van der Waals surface area contributed by atoms with Gasteiger partial charge in [-0.3, -0.25) is 0 Å². The monoisotopic (exact) mass is 390 g/mol. The fourth-order valence-corrected chi connectivity index (χ4v) is 4.50. The number of piperidine rings is 1. The molecule has 0 spiro atoms. The fourth-order valence-electron chi connectivity index (χ4n) is 4.50. The zero-order valence-corrected chi connectivity index (χ0v) is 16.5. The lowest BCUT2D eigenvalue weighted by molar-refractivity contribution is 0.0218. The number of aromatic nitrogens is 2. The predicted molar refractivity (Wildman–Crippen MR) is 114 cm³/mol. The molecular formula is C23H26N4O2. The second kappa shape index (κ2) is 7.61. The molecule has 2 aliphatic rings. The molecule has 29 heavy (non-hydrogen) atoms. The molecule has 3 aromatic rings. The number of ether oxygens (including phenoxy) is 1. The molecular weight excluding hydrogens is 364 g/mol. The van der Waals surface area contributed by atoms with Gasteiger partial charge in [0.25, 0.3) is 0 Å². The Morgan fingerprint density at radius 3 is 2.59 bits per heavy atom. The molecule has 0 saturated carbocycles. The van der Waals surface area contributed by atoms with Crippen LogP contribution in [0.1, 0.15) is 18.4 Å². The normalized spacial score (nSPS) is 22.8. The third-order valence-corrected chi connectivity index (χ3v) is 6.06. The number of aliphatic hydroxyl groups is 1. The number of benzene rings is 2. The first-order valence-electron chi connectivity index (χ1n) is 10.3. The SMILES string of the molecule is OC1(c2ccccc2)CCCN(c2ncnc3cc(N4CCOCC4)ccc23)C1. The molecule has 2 aliphatic heterocycles. The van der Waals surface area contributed by atoms with Gasteiger partial charge in [0.05, 0.1) is 25.3 Å². The zero-order valence-electron chi connectivity index (χ0n) is 16.5. The largest absolute Gasteiger partial charge is 0.383 e. The van der Waals surface area contributed by atoms with Crippen molar-refractivity contribution in [2.75, 3.05) is 49.2 Å². The quantitative estimate of drug-likeness (QED) is 0.742. The van der Waals surface area contributed by atoms with Crippen LogP contribution < -0.4 is 9.80 Å². The van der Waals surface area contributed by atoms with Crippen LogP contribution in [-0.4, -0.2) is 54.5 Å². The topological polar surface area (TPSA) is 61.7 Å². The summed E-state index contributed by atoms with van der Waals surface area (Å²) in [6, 6.07) is 16.4. The highest BCUT2D eigenvalue weighted by atomic mass is 16.5. The zero-order chi connectivity index (χ0) is 19.7. The van der Waals surface area contributed by atoms with Gasteiger partial charge in [-0.25, -0.2) is 9.97 Å². The molecule has 2 fully saturated rings. The van der Waals surface area contributed by atoms with Crippen molar-refractivity contribution in [2.45, 2.75) is 18.4 Å². The van der Waals surface area contributed by atoms with E-state index in [2.05, 4.69) is 38.0 Å². The number of fused-ring (bicyclic) bond motifs is 1. The third kappa shape index (κ3) is 3.54. The van der Waals surface area contributed by atoms with Crippen LogP contribution in [0.15, 0.2) is 54.9 Å². The summed E-state index contributed by atoms with van der Waals surface area (Å²) in [7, 11) is 0. The van der Waals surface area contributed by atoms with Crippen LogP contribution in [0.3, 0.4) is 0 Å². The molecule has 6 nitrogen and oxygen atoms in total. The summed E-state index contributed by atoms with van der Waals surface area (Å²) in [5.74, 6) is 0.901. The van der Waals surface area contributed by atoms with E-state index in [0.717, 1.165) is 68.0 Å². The maximum atomic E-state index is 11.4. The van der Waals surface area contributed by atoms with Gasteiger partial charge in [0, 0.05) is 30.7 Å². The molecule has 2 saturated heterocycles. The van der Waals surface area contributed by atoms with Gasteiger partial charge in [0.15, 0.2) is 0 Å². The lowest BCUT2D eigenvalue weighted by Crippen LogP contribution is -2.46. The second-order valence-corrected chi connectivity index (χ2v) is 7.92. The van der Waals surface area contributed by atoms with Gasteiger partial charge >= 0.3 is 0 Å². The fraction of sp³-hybridized carbons (Fsp3) is 0.391. The van der Waals surface area contributed by atoms with E-state index < -0.39 is 5.60 Å². The van der Waals surface area contributed by atoms with Crippen LogP contribution in [0.25, 0.3) is 10.9 Å². The smallest absolute Gasteiger partial charge is 0.139 e. The van der Waals surface area contributed by atoms with Crippen molar-refractivity contribution in [1.82, 2.24) is 9.97 Å². The average molecular weight is 390 g/mol. The van der Waals surface area contributed by atoms with Gasteiger partial charge in [-0.15, -0.1) is 0 Å². The van der Waals surface area contributed by atoms with E-state index in [0.29, 0.717) is 6.54 Å². The summed E-state index contributed by atoms with van der Waals surface area (Å²) in [6.45, 7) is 4.75. The van der Waals surface area contributed by atoms with Crippen LogP contribution in [0.5, 0.6) is 0 Å². The highest BCUT2D eigenvalue weighted by Crippen LogP contribution is 2.35. The Bertz CT molecular complexity index is 991. The maximum Gasteiger partial charge on any atom is 0.139 e. The van der Waals surface area contributed by atoms with Crippen LogP contribution in [0.2, 0.25) is 0 Å². The number of anilines is 2. The lowest BCUT2D eigenvalue weighted by Gasteiger charge is -2.40. The lowest BCUT2D eigenvalue weighted by atomic mass is 9.85. The molecule has 2 aromatic carbocycles. The van der Waals surface area contributed by atoms with Crippen molar-refractivity contribution in [3.05, 3.63) is 60.4 Å². The standard InChI is InChI=1S/C23H26N4O2/c28-23(18-5-2-1-3-6-18)9-4-10-27(16-23)22-20-8-7-19(15-21(20)24-17-25-22)26-11-13-29-14-12-26/h1-3,5-8,15,17,28H,4,9-14,16H2. The Labute approximate surface area is 170 Å². The first-order chi connectivity index (χ1) is 14.2. The summed E-state index contributed by atoms with van der Waals surface area (Å²) >= 11 is 0. The summed E-state index contributed by atoms with van der Waals surface area (Å²) in [4.78, 5) is 13.7. The number of morpholine rings is 1. The van der Waals surface area contributed by atoms with E-state index in [1.54, 1.807) is 6.33 Å². The van der Waals surface area contributed by atoms with Crippen LogP contribution in [-0.2, 0) is 10.3 Å². The summed E-state index contributed by atoms with van der Waals surface area (Å²) < 4.78 is 5.47. The molecule has 0 amide bonds. The van der Waals surface area contributed by atoms with Crippen molar-refractivity contribution in [2.24, 2.45) is 0 Å². The van der Waals surface area contributed by atoms with Crippen LogP contribution in [0, 0.1) is 0 Å². The Morgan fingerprint density at radius 1 is 0.931 bits per heavy atom. The molecule has 6 heteroatoms. The first-order valence-corrected chi connectivity index (χ1v) is 10.3. The molecule has 0 aliphatic carbocycles. The number of β-amino-alcohol motifs (C(OH)–C–C–N with tert-alkyl or cyclic N) is 1. The number of hydrogen-bond donors (Lipinski definition) is 1. The molecule has 0 radical (unpaired) electrons. The third-order valence-electron chi connectivity index (χ3n) is 6.06. The van der Waals surface area contributed by atoms with Crippen molar-refractivity contribution in [3.63, 3.8) is 0 Å². The Kier molecular flexibility index (Phi) is 4.81. The van der Waals surface area contributed by atoms with Gasteiger partial charge in [-0.05, 0) is 36.6 Å². The number of hydrogen-bond acceptors (Lipinski definition) is 6. The first kappa shape index (κ1) is 18.3. The molecule has 5 rings (SSSR count). The van der Waals surface area contributed by atoms with Crippen molar-refractivity contribution in [3.8, 4) is 0 Å². The molecule has 3 heterocycles. The van der Waals surface area contributed by atoms with Gasteiger partial charge in [-0.1, -0.05) is 30.3 Å².